The zero-order chi connectivity index (χ0) is 12.1. The van der Waals surface area contributed by atoms with E-state index < -0.39 is 0 Å². The molecule has 0 aliphatic carbocycles. The van der Waals surface area contributed by atoms with E-state index in [1.807, 2.05) is 6.07 Å². The van der Waals surface area contributed by atoms with E-state index in [4.69, 9.17) is 21.6 Å². The number of hydrogen-bond donors (Lipinski definition) is 0. The van der Waals surface area contributed by atoms with Gasteiger partial charge >= 0.3 is 0 Å². The van der Waals surface area contributed by atoms with Crippen LogP contribution in [0.5, 0.6) is 5.75 Å². The molecule has 1 aromatic carbocycles. The Morgan fingerprint density at radius 1 is 1.62 bits per heavy atom. The molecule has 1 aromatic rings. The second-order valence-corrected chi connectivity index (χ2v) is 3.16. The number of rotatable bonds is 4. The summed E-state index contributed by atoms with van der Waals surface area (Å²) in [4.78, 5) is 22.1. The van der Waals surface area contributed by atoms with Crippen molar-refractivity contribution in [1.82, 2.24) is 0 Å². The van der Waals surface area contributed by atoms with E-state index in [1.165, 1.54) is 19.2 Å². The van der Waals surface area contributed by atoms with Crippen LogP contribution in [0, 0.1) is 11.3 Å². The number of methoxy groups -OCH3 is 1. The lowest BCUT2D eigenvalue weighted by atomic mass is 10.0. The monoisotopic (exact) mass is 237 g/mol. The van der Waals surface area contributed by atoms with Crippen LogP contribution >= 0.6 is 11.6 Å². The fraction of sp³-hybridized carbons (Fsp3) is 0.182. The molecule has 1 rings (SSSR count). The van der Waals surface area contributed by atoms with E-state index in [-0.39, 0.29) is 34.1 Å². The Bertz CT molecular complexity index is 477. The fourth-order valence-corrected chi connectivity index (χ4v) is 1.47. The molecule has 0 unspecified atom stereocenters. The Kier molecular flexibility index (Phi) is 4.03. The Balaban J connectivity index is 3.50. The number of nitrogens with zero attached hydrogens (tertiary/aromatic N) is 1. The van der Waals surface area contributed by atoms with Crippen molar-refractivity contribution in [3.63, 3.8) is 0 Å². The van der Waals surface area contributed by atoms with Crippen LogP contribution in [0.3, 0.4) is 0 Å². The van der Waals surface area contributed by atoms with Crippen LogP contribution in [0.25, 0.3) is 0 Å². The highest BCUT2D eigenvalue weighted by Gasteiger charge is 2.17. The lowest BCUT2D eigenvalue weighted by molar-refractivity contribution is 0.101. The molecule has 0 radical (unpaired) electrons. The zero-order valence-electron chi connectivity index (χ0n) is 8.49. The Hall–Kier alpha value is -1.86. The highest BCUT2D eigenvalue weighted by molar-refractivity contribution is 6.30. The molecule has 0 heterocycles. The summed E-state index contributed by atoms with van der Waals surface area (Å²) in [7, 11) is 1.33. The van der Waals surface area contributed by atoms with Crippen molar-refractivity contribution in [2.75, 3.05) is 13.0 Å². The average Bonchev–Trinajstić information content (AvgIpc) is 2.35. The topological polar surface area (TPSA) is 67.2 Å². The first-order valence-electron chi connectivity index (χ1n) is 4.35. The molecule has 5 heteroatoms. The van der Waals surface area contributed by atoms with Gasteiger partial charge in [0.25, 0.3) is 0 Å². The molecule has 0 atom stereocenters. The van der Waals surface area contributed by atoms with Crippen molar-refractivity contribution in [2.45, 2.75) is 0 Å². The third-order valence-corrected chi connectivity index (χ3v) is 2.30. The van der Waals surface area contributed by atoms with Crippen LogP contribution < -0.4 is 4.74 Å². The van der Waals surface area contributed by atoms with Gasteiger partial charge in [0.05, 0.1) is 18.6 Å². The molecule has 16 heavy (non-hydrogen) atoms. The first kappa shape index (κ1) is 12.2. The van der Waals surface area contributed by atoms with Crippen molar-refractivity contribution in [3.05, 3.63) is 28.8 Å². The minimum Gasteiger partial charge on any atom is -0.495 e. The van der Waals surface area contributed by atoms with Gasteiger partial charge in [0.2, 0.25) is 0 Å². The first-order valence-corrected chi connectivity index (χ1v) is 4.88. The van der Waals surface area contributed by atoms with Crippen molar-refractivity contribution in [3.8, 4) is 11.8 Å². The quantitative estimate of drug-likeness (QED) is 0.455. The SMILES string of the molecule is COc1c(C=O)ccc(C(=O)CCl)c1C#N. The van der Waals surface area contributed by atoms with Crippen molar-refractivity contribution in [1.29, 1.82) is 5.26 Å². The minimum atomic E-state index is -0.381. The molecule has 0 fully saturated rings. The predicted molar refractivity (Wildman–Crippen MR) is 58.1 cm³/mol. The molecule has 0 amide bonds. The summed E-state index contributed by atoms with van der Waals surface area (Å²) in [6.07, 6.45) is 0.564. The average molecular weight is 238 g/mol. The molecule has 82 valence electrons. The number of nitriles is 1. The van der Waals surface area contributed by atoms with Crippen LogP contribution in [0.2, 0.25) is 0 Å². The summed E-state index contributed by atoms with van der Waals surface area (Å²) >= 11 is 5.42. The van der Waals surface area contributed by atoms with E-state index in [0.717, 1.165) is 0 Å². The number of ether oxygens (including phenoxy) is 1. The number of aldehydes is 1. The summed E-state index contributed by atoms with van der Waals surface area (Å²) in [5, 5.41) is 8.95. The van der Waals surface area contributed by atoms with Crippen molar-refractivity contribution in [2.24, 2.45) is 0 Å². The van der Waals surface area contributed by atoms with Crippen LogP contribution in [-0.2, 0) is 0 Å². The van der Waals surface area contributed by atoms with Crippen LogP contribution in [0.4, 0.5) is 0 Å². The maximum atomic E-state index is 11.4. The van der Waals surface area contributed by atoms with Crippen LogP contribution in [0.15, 0.2) is 12.1 Å². The second-order valence-electron chi connectivity index (χ2n) is 2.90. The maximum absolute atomic E-state index is 11.4. The molecule has 0 aliphatic rings. The number of Topliss-reactive ketones (excluding diaryl/α,β-unsaturated/α-hetero) is 1. The largest absolute Gasteiger partial charge is 0.495 e. The van der Waals surface area contributed by atoms with E-state index in [1.54, 1.807) is 0 Å². The molecule has 0 N–H and O–H groups in total. The van der Waals surface area contributed by atoms with Gasteiger partial charge in [-0.25, -0.2) is 0 Å². The molecular weight excluding hydrogens is 230 g/mol. The highest BCUT2D eigenvalue weighted by atomic mass is 35.5. The molecular formula is C11H8ClNO3. The molecule has 0 spiro atoms. The normalized spacial score (nSPS) is 9.31. The Morgan fingerprint density at radius 3 is 2.75 bits per heavy atom. The second kappa shape index (κ2) is 5.29. The van der Waals surface area contributed by atoms with E-state index in [9.17, 15) is 9.59 Å². The molecule has 0 aliphatic heterocycles. The highest BCUT2D eigenvalue weighted by Crippen LogP contribution is 2.26. The standard InChI is InChI=1S/C11H8ClNO3/c1-16-11-7(6-14)2-3-8(9(11)5-13)10(15)4-12/h2-3,6H,4H2,1H3. The summed E-state index contributed by atoms with van der Waals surface area (Å²) in [6.45, 7) is 0. The molecule has 0 saturated carbocycles. The summed E-state index contributed by atoms with van der Waals surface area (Å²) in [6, 6.07) is 4.66. The van der Waals surface area contributed by atoms with Crippen molar-refractivity contribution >= 4 is 23.7 Å². The van der Waals surface area contributed by atoms with Gasteiger partial charge in [0, 0.05) is 5.56 Å². The zero-order valence-corrected chi connectivity index (χ0v) is 9.25. The predicted octanol–water partition coefficient (Wildman–Crippen LogP) is 1.80. The van der Waals surface area contributed by atoms with E-state index in [0.29, 0.717) is 6.29 Å². The van der Waals surface area contributed by atoms with E-state index >= 15 is 0 Å². The number of carbonyl (C=O) groups is 2. The third-order valence-electron chi connectivity index (χ3n) is 2.05. The molecule has 0 aromatic heterocycles. The summed E-state index contributed by atoms with van der Waals surface area (Å²) in [5.41, 5.74) is 0.433. The number of carbonyl (C=O) groups excluding carboxylic acids is 2. The summed E-state index contributed by atoms with van der Waals surface area (Å²) in [5.74, 6) is -0.499. The van der Waals surface area contributed by atoms with Gasteiger partial charge in [0.15, 0.2) is 12.1 Å². The smallest absolute Gasteiger partial charge is 0.179 e. The third kappa shape index (κ3) is 2.05. The lowest BCUT2D eigenvalue weighted by Gasteiger charge is -2.08. The fourth-order valence-electron chi connectivity index (χ4n) is 1.33. The van der Waals surface area contributed by atoms with Crippen molar-refractivity contribution < 1.29 is 14.3 Å². The van der Waals surface area contributed by atoms with Gasteiger partial charge in [-0.1, -0.05) is 0 Å². The number of hydrogen-bond acceptors (Lipinski definition) is 4. The van der Waals surface area contributed by atoms with Gasteiger partial charge < -0.3 is 4.74 Å². The van der Waals surface area contributed by atoms with Crippen LogP contribution in [0.1, 0.15) is 26.3 Å². The van der Waals surface area contributed by atoms with Crippen LogP contribution in [-0.4, -0.2) is 25.1 Å². The Labute approximate surface area is 97.4 Å². The maximum Gasteiger partial charge on any atom is 0.179 e. The number of halogens is 1. The number of benzene rings is 1. The van der Waals surface area contributed by atoms with Gasteiger partial charge in [0.1, 0.15) is 17.4 Å². The van der Waals surface area contributed by atoms with Gasteiger partial charge in [-0.15, -0.1) is 11.6 Å². The minimum absolute atomic E-state index is 0.0396. The number of ketones is 1. The Morgan fingerprint density at radius 2 is 2.31 bits per heavy atom. The summed E-state index contributed by atoms with van der Waals surface area (Å²) < 4.78 is 4.94. The number of alkyl halides is 1. The molecule has 0 saturated heterocycles. The molecule has 0 bridgehead atoms. The lowest BCUT2D eigenvalue weighted by Crippen LogP contribution is -2.06. The molecule has 4 nitrogen and oxygen atoms in total. The van der Waals surface area contributed by atoms with E-state index in [2.05, 4.69) is 0 Å². The van der Waals surface area contributed by atoms with Gasteiger partial charge in [-0.2, -0.15) is 5.26 Å². The van der Waals surface area contributed by atoms with Gasteiger partial charge in [-0.3, -0.25) is 9.59 Å². The van der Waals surface area contributed by atoms with Gasteiger partial charge in [-0.05, 0) is 12.1 Å². The first-order chi connectivity index (χ1) is 7.69.